The standard InChI is InChI=1S/C15H24N2/c1-11-5-12(2)7-15(6-11)17-9-13(3)8-16-14(4)10-17/h5-7,13-14,16H,8-10H2,1-4H3. The maximum atomic E-state index is 3.58. The van der Waals surface area contributed by atoms with Crippen LogP contribution >= 0.6 is 0 Å². The summed E-state index contributed by atoms with van der Waals surface area (Å²) in [5.41, 5.74) is 4.10. The van der Waals surface area contributed by atoms with Crippen molar-refractivity contribution in [3.8, 4) is 0 Å². The number of anilines is 1. The molecule has 1 heterocycles. The monoisotopic (exact) mass is 232 g/mol. The summed E-state index contributed by atoms with van der Waals surface area (Å²) >= 11 is 0. The van der Waals surface area contributed by atoms with E-state index in [9.17, 15) is 0 Å². The average Bonchev–Trinajstić information content (AvgIpc) is 2.39. The topological polar surface area (TPSA) is 15.3 Å². The summed E-state index contributed by atoms with van der Waals surface area (Å²) in [5.74, 6) is 0.709. The molecule has 1 aliphatic heterocycles. The number of nitrogens with zero attached hydrogens (tertiary/aromatic N) is 1. The van der Waals surface area contributed by atoms with Crippen LogP contribution in [0.4, 0.5) is 5.69 Å². The van der Waals surface area contributed by atoms with E-state index in [0.717, 1.165) is 19.6 Å². The molecule has 0 amide bonds. The maximum Gasteiger partial charge on any atom is 0.0372 e. The van der Waals surface area contributed by atoms with E-state index in [0.29, 0.717) is 12.0 Å². The van der Waals surface area contributed by atoms with Gasteiger partial charge in [-0.2, -0.15) is 0 Å². The largest absolute Gasteiger partial charge is 0.370 e. The number of benzene rings is 1. The lowest BCUT2D eigenvalue weighted by atomic mass is 10.1. The second-order valence-corrected chi connectivity index (χ2v) is 5.67. The van der Waals surface area contributed by atoms with Gasteiger partial charge >= 0.3 is 0 Å². The third-order valence-corrected chi connectivity index (χ3v) is 3.41. The molecule has 17 heavy (non-hydrogen) atoms. The molecule has 2 heteroatoms. The van der Waals surface area contributed by atoms with Gasteiger partial charge in [-0.25, -0.2) is 0 Å². The molecule has 1 fully saturated rings. The van der Waals surface area contributed by atoms with E-state index in [4.69, 9.17) is 0 Å². The molecule has 1 aromatic carbocycles. The van der Waals surface area contributed by atoms with Crippen molar-refractivity contribution >= 4 is 5.69 Å². The molecule has 2 unspecified atom stereocenters. The van der Waals surface area contributed by atoms with E-state index in [2.05, 4.69) is 56.1 Å². The van der Waals surface area contributed by atoms with Gasteiger partial charge in [0.2, 0.25) is 0 Å². The second kappa shape index (κ2) is 5.09. The summed E-state index contributed by atoms with van der Waals surface area (Å²) in [6.07, 6.45) is 0. The average molecular weight is 232 g/mol. The SMILES string of the molecule is Cc1cc(C)cc(N2CC(C)CNC(C)C2)c1. The fourth-order valence-corrected chi connectivity index (χ4v) is 2.66. The van der Waals surface area contributed by atoms with Crippen molar-refractivity contribution < 1.29 is 0 Å². The van der Waals surface area contributed by atoms with Crippen molar-refractivity contribution in [1.82, 2.24) is 5.32 Å². The molecule has 0 radical (unpaired) electrons. The molecule has 94 valence electrons. The molecule has 0 aromatic heterocycles. The highest BCUT2D eigenvalue weighted by molar-refractivity contribution is 5.51. The normalized spacial score (nSPS) is 25.8. The smallest absolute Gasteiger partial charge is 0.0372 e. The molecular formula is C15H24N2. The number of hydrogen-bond donors (Lipinski definition) is 1. The third-order valence-electron chi connectivity index (χ3n) is 3.41. The molecule has 1 saturated heterocycles. The fraction of sp³-hybridized carbons (Fsp3) is 0.600. The third kappa shape index (κ3) is 3.22. The molecule has 0 bridgehead atoms. The number of rotatable bonds is 1. The summed E-state index contributed by atoms with van der Waals surface area (Å²) in [6, 6.07) is 7.42. The zero-order valence-electron chi connectivity index (χ0n) is 11.5. The van der Waals surface area contributed by atoms with E-state index in [1.54, 1.807) is 0 Å². The first kappa shape index (κ1) is 12.4. The van der Waals surface area contributed by atoms with E-state index in [1.165, 1.54) is 16.8 Å². The maximum absolute atomic E-state index is 3.58. The highest BCUT2D eigenvalue weighted by Crippen LogP contribution is 2.21. The van der Waals surface area contributed by atoms with Crippen LogP contribution in [-0.4, -0.2) is 25.7 Å². The van der Waals surface area contributed by atoms with Gasteiger partial charge in [-0.1, -0.05) is 13.0 Å². The van der Waals surface area contributed by atoms with E-state index in [1.807, 2.05) is 0 Å². The Hall–Kier alpha value is -1.02. The summed E-state index contributed by atoms with van der Waals surface area (Å²) < 4.78 is 0. The van der Waals surface area contributed by atoms with E-state index in [-0.39, 0.29) is 0 Å². The van der Waals surface area contributed by atoms with Gasteiger partial charge in [0.1, 0.15) is 0 Å². The Morgan fingerprint density at radius 1 is 1.06 bits per heavy atom. The fourth-order valence-electron chi connectivity index (χ4n) is 2.66. The minimum Gasteiger partial charge on any atom is -0.370 e. The lowest BCUT2D eigenvalue weighted by molar-refractivity contribution is 0.525. The summed E-state index contributed by atoms with van der Waals surface area (Å²) in [5, 5.41) is 3.58. The van der Waals surface area contributed by atoms with E-state index >= 15 is 0 Å². The molecule has 1 aromatic rings. The Kier molecular flexibility index (Phi) is 3.72. The van der Waals surface area contributed by atoms with Crippen LogP contribution in [0.5, 0.6) is 0 Å². The first-order chi connectivity index (χ1) is 8.04. The Morgan fingerprint density at radius 2 is 1.71 bits per heavy atom. The molecular weight excluding hydrogens is 208 g/mol. The van der Waals surface area contributed by atoms with Crippen molar-refractivity contribution in [3.05, 3.63) is 29.3 Å². The van der Waals surface area contributed by atoms with Crippen LogP contribution in [0.3, 0.4) is 0 Å². The molecule has 2 nitrogen and oxygen atoms in total. The van der Waals surface area contributed by atoms with Gasteiger partial charge in [0.25, 0.3) is 0 Å². The van der Waals surface area contributed by atoms with Gasteiger partial charge < -0.3 is 10.2 Å². The first-order valence-corrected chi connectivity index (χ1v) is 6.61. The van der Waals surface area contributed by atoms with Crippen LogP contribution < -0.4 is 10.2 Å². The molecule has 1 aliphatic rings. The molecule has 0 spiro atoms. The van der Waals surface area contributed by atoms with Crippen molar-refractivity contribution in [1.29, 1.82) is 0 Å². The highest BCUT2D eigenvalue weighted by Gasteiger charge is 2.19. The van der Waals surface area contributed by atoms with Gasteiger partial charge in [0.15, 0.2) is 0 Å². The number of hydrogen-bond acceptors (Lipinski definition) is 2. The molecule has 0 saturated carbocycles. The Morgan fingerprint density at radius 3 is 2.35 bits per heavy atom. The van der Waals surface area contributed by atoms with Gasteiger partial charge in [-0.05, 0) is 56.5 Å². The van der Waals surface area contributed by atoms with Gasteiger partial charge in [0, 0.05) is 24.8 Å². The van der Waals surface area contributed by atoms with Crippen LogP contribution in [-0.2, 0) is 0 Å². The predicted octanol–water partition coefficient (Wildman–Crippen LogP) is 2.74. The molecule has 2 atom stereocenters. The quantitative estimate of drug-likeness (QED) is 0.801. The van der Waals surface area contributed by atoms with Gasteiger partial charge in [-0.3, -0.25) is 0 Å². The van der Waals surface area contributed by atoms with Gasteiger partial charge in [-0.15, -0.1) is 0 Å². The predicted molar refractivity (Wildman–Crippen MR) is 74.8 cm³/mol. The van der Waals surface area contributed by atoms with Gasteiger partial charge in [0.05, 0.1) is 0 Å². The number of nitrogens with one attached hydrogen (secondary N) is 1. The number of aryl methyl sites for hydroxylation is 2. The van der Waals surface area contributed by atoms with Crippen LogP contribution in [0, 0.1) is 19.8 Å². The van der Waals surface area contributed by atoms with Crippen molar-refractivity contribution in [3.63, 3.8) is 0 Å². The summed E-state index contributed by atoms with van der Waals surface area (Å²) in [6.45, 7) is 12.3. The van der Waals surface area contributed by atoms with Crippen molar-refractivity contribution in [2.45, 2.75) is 33.7 Å². The zero-order valence-corrected chi connectivity index (χ0v) is 11.5. The van der Waals surface area contributed by atoms with E-state index < -0.39 is 0 Å². The Labute approximate surface area is 105 Å². The Bertz CT molecular complexity index is 354. The van der Waals surface area contributed by atoms with Crippen molar-refractivity contribution in [2.24, 2.45) is 5.92 Å². The minimum atomic E-state index is 0.570. The minimum absolute atomic E-state index is 0.570. The summed E-state index contributed by atoms with van der Waals surface area (Å²) in [4.78, 5) is 2.52. The zero-order chi connectivity index (χ0) is 12.4. The second-order valence-electron chi connectivity index (χ2n) is 5.67. The Balaban J connectivity index is 2.24. The lowest BCUT2D eigenvalue weighted by Crippen LogP contribution is -2.35. The molecule has 1 N–H and O–H groups in total. The molecule has 2 rings (SSSR count). The van der Waals surface area contributed by atoms with Crippen LogP contribution in [0.2, 0.25) is 0 Å². The van der Waals surface area contributed by atoms with Crippen LogP contribution in [0.25, 0.3) is 0 Å². The lowest BCUT2D eigenvalue weighted by Gasteiger charge is -2.27. The highest BCUT2D eigenvalue weighted by atomic mass is 15.2. The van der Waals surface area contributed by atoms with Crippen LogP contribution in [0.15, 0.2) is 18.2 Å². The molecule has 0 aliphatic carbocycles. The van der Waals surface area contributed by atoms with Crippen molar-refractivity contribution in [2.75, 3.05) is 24.5 Å². The first-order valence-electron chi connectivity index (χ1n) is 6.61. The van der Waals surface area contributed by atoms with Crippen LogP contribution in [0.1, 0.15) is 25.0 Å². The summed E-state index contributed by atoms with van der Waals surface area (Å²) in [7, 11) is 0.